The lowest BCUT2D eigenvalue weighted by atomic mass is 10.1. The van der Waals surface area contributed by atoms with Crippen molar-refractivity contribution in [2.75, 3.05) is 19.8 Å². The maximum atomic E-state index is 12.8. The predicted molar refractivity (Wildman–Crippen MR) is 100 cm³/mol. The van der Waals surface area contributed by atoms with Gasteiger partial charge in [-0.05, 0) is 38.5 Å². The molecule has 0 aliphatic carbocycles. The van der Waals surface area contributed by atoms with Crippen LogP contribution >= 0.6 is 11.6 Å². The van der Waals surface area contributed by atoms with Gasteiger partial charge in [0.15, 0.2) is 6.04 Å². The quantitative estimate of drug-likeness (QED) is 0.864. The minimum absolute atomic E-state index is 0.0141. The second-order valence-electron chi connectivity index (χ2n) is 6.69. The first-order chi connectivity index (χ1) is 12.8. The molecule has 0 saturated carbocycles. The Morgan fingerprint density at radius 2 is 2.07 bits per heavy atom. The first-order valence-electron chi connectivity index (χ1n) is 8.71. The van der Waals surface area contributed by atoms with Crippen molar-refractivity contribution in [2.45, 2.75) is 33.2 Å². The van der Waals surface area contributed by atoms with Gasteiger partial charge >= 0.3 is 5.97 Å². The first kappa shape index (κ1) is 19.4. The Kier molecular flexibility index (Phi) is 5.53. The van der Waals surface area contributed by atoms with Crippen molar-refractivity contribution in [3.63, 3.8) is 0 Å². The molecule has 1 aromatic heterocycles. The third kappa shape index (κ3) is 3.84. The van der Waals surface area contributed by atoms with Crippen molar-refractivity contribution in [1.82, 2.24) is 14.7 Å². The number of halogens is 1. The van der Waals surface area contributed by atoms with Crippen LogP contribution in [-0.2, 0) is 20.7 Å². The Morgan fingerprint density at radius 3 is 2.74 bits per heavy atom. The lowest BCUT2D eigenvalue weighted by Gasteiger charge is -2.33. The number of aryl methyl sites for hydroxylation is 2. The average molecular weight is 392 g/mol. The fourth-order valence-electron chi connectivity index (χ4n) is 3.26. The molecular formula is C19H22ClN3O4. The summed E-state index contributed by atoms with van der Waals surface area (Å²) >= 11 is 6.22. The number of carboxylic acids is 1. The number of carbonyl (C=O) groups is 2. The molecule has 1 aliphatic heterocycles. The molecular weight excluding hydrogens is 370 g/mol. The van der Waals surface area contributed by atoms with Gasteiger partial charge in [-0.2, -0.15) is 5.10 Å². The van der Waals surface area contributed by atoms with Crippen LogP contribution in [0.5, 0.6) is 0 Å². The Hall–Kier alpha value is -2.38. The predicted octanol–water partition coefficient (Wildman–Crippen LogP) is 2.31. The highest BCUT2D eigenvalue weighted by molar-refractivity contribution is 6.31. The van der Waals surface area contributed by atoms with E-state index in [1.807, 2.05) is 39.0 Å². The second-order valence-corrected chi connectivity index (χ2v) is 7.09. The molecule has 2 heterocycles. The summed E-state index contributed by atoms with van der Waals surface area (Å²) in [7, 11) is 0. The molecule has 0 radical (unpaired) electrons. The molecule has 0 spiro atoms. The zero-order chi connectivity index (χ0) is 19.7. The van der Waals surface area contributed by atoms with E-state index in [1.165, 1.54) is 4.90 Å². The van der Waals surface area contributed by atoms with E-state index in [2.05, 4.69) is 5.10 Å². The van der Waals surface area contributed by atoms with Gasteiger partial charge in [-0.25, -0.2) is 9.48 Å². The zero-order valence-corrected chi connectivity index (χ0v) is 16.3. The van der Waals surface area contributed by atoms with Gasteiger partial charge < -0.3 is 14.7 Å². The standard InChI is InChI=1S/C19H22ClN3O4/c1-11-4-5-14(8-16(11)20)23-13(3)15(12(2)21-23)9-18(24)22-6-7-27-10-17(22)19(25)26/h4-5,8,17H,6-7,9-10H2,1-3H3,(H,25,26)/t17-/m1/s1. The fraction of sp³-hybridized carbons (Fsp3) is 0.421. The molecule has 2 aromatic rings. The van der Waals surface area contributed by atoms with Gasteiger partial charge in [0.2, 0.25) is 5.91 Å². The van der Waals surface area contributed by atoms with E-state index in [-0.39, 0.29) is 25.5 Å². The van der Waals surface area contributed by atoms with Gasteiger partial charge in [-0.15, -0.1) is 0 Å². The van der Waals surface area contributed by atoms with Crippen LogP contribution < -0.4 is 0 Å². The van der Waals surface area contributed by atoms with Crippen molar-refractivity contribution in [3.05, 3.63) is 45.7 Å². The summed E-state index contributed by atoms with van der Waals surface area (Å²) in [5.74, 6) is -1.29. The number of aliphatic carboxylic acids is 1. The molecule has 1 saturated heterocycles. The largest absolute Gasteiger partial charge is 0.480 e. The number of ether oxygens (including phenoxy) is 1. The number of aromatic nitrogens is 2. The highest BCUT2D eigenvalue weighted by Gasteiger charge is 2.33. The molecule has 1 N–H and O–H groups in total. The van der Waals surface area contributed by atoms with Crippen LogP contribution in [0, 0.1) is 20.8 Å². The Morgan fingerprint density at radius 1 is 1.33 bits per heavy atom. The lowest BCUT2D eigenvalue weighted by Crippen LogP contribution is -2.53. The zero-order valence-electron chi connectivity index (χ0n) is 15.5. The molecule has 1 fully saturated rings. The molecule has 0 unspecified atom stereocenters. The summed E-state index contributed by atoms with van der Waals surface area (Å²) in [5, 5.41) is 14.5. The number of benzene rings is 1. The summed E-state index contributed by atoms with van der Waals surface area (Å²) in [6.07, 6.45) is 0.0983. The Balaban J connectivity index is 1.87. The minimum Gasteiger partial charge on any atom is -0.480 e. The van der Waals surface area contributed by atoms with E-state index in [0.29, 0.717) is 11.6 Å². The van der Waals surface area contributed by atoms with E-state index in [0.717, 1.165) is 28.2 Å². The van der Waals surface area contributed by atoms with Crippen LogP contribution in [0.15, 0.2) is 18.2 Å². The normalized spacial score (nSPS) is 17.2. The molecule has 1 atom stereocenters. The van der Waals surface area contributed by atoms with E-state index in [1.54, 1.807) is 4.68 Å². The van der Waals surface area contributed by atoms with Crippen LogP contribution in [-0.4, -0.2) is 57.5 Å². The van der Waals surface area contributed by atoms with Gasteiger partial charge in [-0.1, -0.05) is 17.7 Å². The number of morpholine rings is 1. The summed E-state index contributed by atoms with van der Waals surface area (Å²) in [4.78, 5) is 25.6. The highest BCUT2D eigenvalue weighted by Crippen LogP contribution is 2.23. The third-order valence-electron chi connectivity index (χ3n) is 4.90. The molecule has 0 bridgehead atoms. The van der Waals surface area contributed by atoms with Gasteiger partial charge in [0.25, 0.3) is 0 Å². The van der Waals surface area contributed by atoms with E-state index in [4.69, 9.17) is 16.3 Å². The van der Waals surface area contributed by atoms with Crippen LogP contribution in [0.4, 0.5) is 0 Å². The summed E-state index contributed by atoms with van der Waals surface area (Å²) in [6, 6.07) is 4.74. The van der Waals surface area contributed by atoms with Crippen LogP contribution in [0.2, 0.25) is 5.02 Å². The molecule has 1 aliphatic rings. The molecule has 7 nitrogen and oxygen atoms in total. The van der Waals surface area contributed by atoms with Crippen molar-refractivity contribution in [1.29, 1.82) is 0 Å². The van der Waals surface area contributed by atoms with Crippen molar-refractivity contribution in [3.8, 4) is 5.69 Å². The first-order valence-corrected chi connectivity index (χ1v) is 9.09. The molecule has 8 heteroatoms. The number of carboxylic acid groups (broad SMARTS) is 1. The maximum Gasteiger partial charge on any atom is 0.328 e. The van der Waals surface area contributed by atoms with E-state index < -0.39 is 12.0 Å². The van der Waals surface area contributed by atoms with Crippen molar-refractivity contribution in [2.24, 2.45) is 0 Å². The van der Waals surface area contributed by atoms with E-state index >= 15 is 0 Å². The topological polar surface area (TPSA) is 84.7 Å². The molecule has 1 amide bonds. The fourth-order valence-corrected chi connectivity index (χ4v) is 3.43. The second kappa shape index (κ2) is 7.70. The molecule has 27 heavy (non-hydrogen) atoms. The van der Waals surface area contributed by atoms with Crippen molar-refractivity contribution >= 4 is 23.5 Å². The molecule has 1 aromatic carbocycles. The van der Waals surface area contributed by atoms with E-state index in [9.17, 15) is 14.7 Å². The highest BCUT2D eigenvalue weighted by atomic mass is 35.5. The summed E-state index contributed by atoms with van der Waals surface area (Å²) in [5.41, 5.74) is 4.16. The number of amides is 1. The number of hydrogen-bond acceptors (Lipinski definition) is 4. The molecule has 144 valence electrons. The third-order valence-corrected chi connectivity index (χ3v) is 5.31. The van der Waals surface area contributed by atoms with Gasteiger partial charge in [-0.3, -0.25) is 4.79 Å². The van der Waals surface area contributed by atoms with Crippen molar-refractivity contribution < 1.29 is 19.4 Å². The minimum atomic E-state index is -1.05. The van der Waals surface area contributed by atoms with Gasteiger partial charge in [0.05, 0.1) is 31.0 Å². The maximum absolute atomic E-state index is 12.8. The number of nitrogens with zero attached hydrogens (tertiary/aromatic N) is 3. The van der Waals surface area contributed by atoms with Gasteiger partial charge in [0, 0.05) is 22.8 Å². The summed E-state index contributed by atoms with van der Waals surface area (Å²) < 4.78 is 6.96. The lowest BCUT2D eigenvalue weighted by molar-refractivity contribution is -0.158. The summed E-state index contributed by atoms with van der Waals surface area (Å²) in [6.45, 7) is 6.29. The van der Waals surface area contributed by atoms with Crippen LogP contribution in [0.3, 0.4) is 0 Å². The van der Waals surface area contributed by atoms with Crippen LogP contribution in [0.25, 0.3) is 5.69 Å². The Labute approximate surface area is 162 Å². The average Bonchev–Trinajstić information content (AvgIpc) is 2.92. The SMILES string of the molecule is Cc1ccc(-n2nc(C)c(CC(=O)N3CCOC[C@@H]3C(=O)O)c2C)cc1Cl. The monoisotopic (exact) mass is 391 g/mol. The number of carbonyl (C=O) groups excluding carboxylic acids is 1. The number of hydrogen-bond donors (Lipinski definition) is 1. The number of rotatable bonds is 4. The smallest absolute Gasteiger partial charge is 0.328 e. The van der Waals surface area contributed by atoms with Crippen LogP contribution in [0.1, 0.15) is 22.5 Å². The van der Waals surface area contributed by atoms with Gasteiger partial charge in [0.1, 0.15) is 0 Å². The Bertz CT molecular complexity index is 893. The molecule has 3 rings (SSSR count).